The summed E-state index contributed by atoms with van der Waals surface area (Å²) in [5.74, 6) is 1.42. The molecule has 0 radical (unpaired) electrons. The molecule has 152 valence electrons. The van der Waals surface area contributed by atoms with E-state index >= 15 is 0 Å². The first-order valence-corrected chi connectivity index (χ1v) is 10.4. The molecular weight excluding hydrogens is 352 g/mol. The molecule has 1 amide bonds. The highest BCUT2D eigenvalue weighted by Crippen LogP contribution is 2.23. The average molecular weight is 385 g/mol. The van der Waals surface area contributed by atoms with E-state index in [1.807, 2.05) is 44.2 Å². The molecule has 0 saturated carbocycles. The molecular formula is C22H32N4O2. The second kappa shape index (κ2) is 9.73. The Labute approximate surface area is 167 Å². The zero-order valence-corrected chi connectivity index (χ0v) is 17.2. The number of aromatic amines is 1. The summed E-state index contributed by atoms with van der Waals surface area (Å²) in [6.07, 6.45) is 5.42. The number of likely N-dealkylation sites (tertiary alicyclic amines) is 1. The van der Waals surface area contributed by atoms with Gasteiger partial charge in [0.15, 0.2) is 5.82 Å². The van der Waals surface area contributed by atoms with Crippen LogP contribution in [0, 0.1) is 0 Å². The fourth-order valence-corrected chi connectivity index (χ4v) is 3.66. The van der Waals surface area contributed by atoms with E-state index in [1.54, 1.807) is 0 Å². The number of anilines is 1. The van der Waals surface area contributed by atoms with Gasteiger partial charge in [-0.05, 0) is 83.0 Å². The summed E-state index contributed by atoms with van der Waals surface area (Å²) in [6, 6.07) is 10.4. The van der Waals surface area contributed by atoms with E-state index < -0.39 is 0 Å². The smallest absolute Gasteiger partial charge is 0.225 e. The topological polar surface area (TPSA) is 70.2 Å². The van der Waals surface area contributed by atoms with Crippen molar-refractivity contribution in [3.05, 3.63) is 30.3 Å². The Bertz CT molecular complexity index is 754. The van der Waals surface area contributed by atoms with Crippen LogP contribution < -0.4 is 10.1 Å². The highest BCUT2D eigenvalue weighted by Gasteiger charge is 2.17. The van der Waals surface area contributed by atoms with Crippen molar-refractivity contribution >= 4 is 11.7 Å². The first-order valence-electron chi connectivity index (χ1n) is 10.4. The first kappa shape index (κ1) is 20.4. The molecule has 6 nitrogen and oxygen atoms in total. The normalized spacial score (nSPS) is 17.6. The molecule has 0 aliphatic carbocycles. The third-order valence-corrected chi connectivity index (χ3v) is 5.17. The molecule has 1 aromatic carbocycles. The van der Waals surface area contributed by atoms with Crippen molar-refractivity contribution in [1.29, 1.82) is 0 Å². The molecule has 1 atom stereocenters. The fourth-order valence-electron chi connectivity index (χ4n) is 3.66. The molecule has 6 heteroatoms. The van der Waals surface area contributed by atoms with Crippen molar-refractivity contribution in [2.75, 3.05) is 18.4 Å². The summed E-state index contributed by atoms with van der Waals surface area (Å²) >= 11 is 0. The van der Waals surface area contributed by atoms with E-state index in [4.69, 9.17) is 4.74 Å². The van der Waals surface area contributed by atoms with Gasteiger partial charge in [0.2, 0.25) is 5.91 Å². The van der Waals surface area contributed by atoms with Gasteiger partial charge in [0, 0.05) is 18.5 Å². The first-order chi connectivity index (χ1) is 13.5. The molecule has 1 aliphatic rings. The van der Waals surface area contributed by atoms with Gasteiger partial charge in [0.25, 0.3) is 0 Å². The Balaban J connectivity index is 1.46. The number of aromatic nitrogens is 2. The summed E-state index contributed by atoms with van der Waals surface area (Å²) in [5, 5.41) is 10.1. The number of H-pyrrole nitrogens is 1. The minimum absolute atomic E-state index is 0.0170. The summed E-state index contributed by atoms with van der Waals surface area (Å²) in [4.78, 5) is 14.7. The minimum atomic E-state index is 0.0170. The second-order valence-corrected chi connectivity index (χ2v) is 7.89. The third kappa shape index (κ3) is 5.83. The van der Waals surface area contributed by atoms with E-state index in [2.05, 4.69) is 27.3 Å². The van der Waals surface area contributed by atoms with Crippen molar-refractivity contribution in [3.8, 4) is 17.0 Å². The van der Waals surface area contributed by atoms with Crippen molar-refractivity contribution in [2.24, 2.45) is 0 Å². The zero-order valence-electron chi connectivity index (χ0n) is 17.2. The molecule has 0 bridgehead atoms. The number of amides is 1. The molecule has 2 N–H and O–H groups in total. The number of nitrogens with one attached hydrogen (secondary N) is 2. The monoisotopic (exact) mass is 384 g/mol. The minimum Gasteiger partial charge on any atom is -0.491 e. The lowest BCUT2D eigenvalue weighted by Gasteiger charge is -2.33. The predicted octanol–water partition coefficient (Wildman–Crippen LogP) is 4.46. The number of hydrogen-bond acceptors (Lipinski definition) is 4. The van der Waals surface area contributed by atoms with E-state index in [0.29, 0.717) is 18.3 Å². The van der Waals surface area contributed by atoms with Gasteiger partial charge in [-0.25, -0.2) is 0 Å². The number of nitrogens with zero attached hydrogens (tertiary/aromatic N) is 2. The van der Waals surface area contributed by atoms with Crippen LogP contribution in [-0.4, -0.2) is 46.2 Å². The van der Waals surface area contributed by atoms with Gasteiger partial charge in [-0.15, -0.1) is 0 Å². The van der Waals surface area contributed by atoms with Gasteiger partial charge >= 0.3 is 0 Å². The Morgan fingerprint density at radius 3 is 2.82 bits per heavy atom. The van der Waals surface area contributed by atoms with E-state index in [0.717, 1.165) is 36.5 Å². The van der Waals surface area contributed by atoms with Gasteiger partial charge in [-0.3, -0.25) is 9.89 Å². The van der Waals surface area contributed by atoms with Crippen LogP contribution in [0.1, 0.15) is 52.9 Å². The lowest BCUT2D eigenvalue weighted by Crippen LogP contribution is -2.38. The van der Waals surface area contributed by atoms with Crippen LogP contribution in [-0.2, 0) is 4.79 Å². The summed E-state index contributed by atoms with van der Waals surface area (Å²) in [6.45, 7) is 8.44. The van der Waals surface area contributed by atoms with Crippen molar-refractivity contribution in [3.63, 3.8) is 0 Å². The summed E-state index contributed by atoms with van der Waals surface area (Å²) in [7, 11) is 0. The van der Waals surface area contributed by atoms with Crippen LogP contribution in [0.3, 0.4) is 0 Å². The van der Waals surface area contributed by atoms with Crippen molar-refractivity contribution in [1.82, 2.24) is 15.1 Å². The van der Waals surface area contributed by atoms with Crippen molar-refractivity contribution in [2.45, 2.75) is 65.0 Å². The maximum atomic E-state index is 12.2. The summed E-state index contributed by atoms with van der Waals surface area (Å²) < 4.78 is 5.66. The Hall–Kier alpha value is -2.34. The molecule has 1 saturated heterocycles. The zero-order chi connectivity index (χ0) is 19.9. The largest absolute Gasteiger partial charge is 0.491 e. The Kier molecular flexibility index (Phi) is 7.09. The quantitative estimate of drug-likeness (QED) is 0.705. The van der Waals surface area contributed by atoms with Crippen molar-refractivity contribution < 1.29 is 9.53 Å². The molecule has 28 heavy (non-hydrogen) atoms. The highest BCUT2D eigenvalue weighted by atomic mass is 16.5. The molecule has 1 fully saturated rings. The van der Waals surface area contributed by atoms with Crippen LogP contribution in [0.25, 0.3) is 11.3 Å². The molecule has 3 rings (SSSR count). The van der Waals surface area contributed by atoms with Crippen LogP contribution in [0.5, 0.6) is 5.75 Å². The second-order valence-electron chi connectivity index (χ2n) is 7.89. The molecule has 0 spiro atoms. The standard InChI is InChI=1S/C22H32N4O2/c1-16(2)28-19-11-9-18(10-12-19)20-15-21(25-24-20)23-22(27)8-6-14-26-13-5-4-7-17(26)3/h9-12,15-17H,4-8,13-14H2,1-3H3,(H2,23,24,25,27). The lowest BCUT2D eigenvalue weighted by atomic mass is 10.0. The number of rotatable bonds is 8. The average Bonchev–Trinajstić information content (AvgIpc) is 3.12. The molecule has 2 heterocycles. The Morgan fingerprint density at radius 2 is 2.11 bits per heavy atom. The number of carbonyl (C=O) groups excluding carboxylic acids is 1. The van der Waals surface area contributed by atoms with Gasteiger partial charge in [0.05, 0.1) is 11.8 Å². The Morgan fingerprint density at radius 1 is 1.32 bits per heavy atom. The third-order valence-electron chi connectivity index (χ3n) is 5.17. The lowest BCUT2D eigenvalue weighted by molar-refractivity contribution is -0.116. The van der Waals surface area contributed by atoms with Crippen LogP contribution in [0.2, 0.25) is 0 Å². The van der Waals surface area contributed by atoms with Gasteiger partial charge < -0.3 is 15.0 Å². The number of carbonyl (C=O) groups is 1. The SMILES string of the molecule is CC(C)Oc1ccc(-c2cc(NC(=O)CCCN3CCCCC3C)n[nH]2)cc1. The molecule has 1 unspecified atom stereocenters. The number of hydrogen-bond donors (Lipinski definition) is 2. The predicted molar refractivity (Wildman–Crippen MR) is 113 cm³/mol. The van der Waals surface area contributed by atoms with Crippen LogP contribution >= 0.6 is 0 Å². The van der Waals surface area contributed by atoms with E-state index in [-0.39, 0.29) is 12.0 Å². The van der Waals surface area contributed by atoms with Crippen LogP contribution in [0.15, 0.2) is 30.3 Å². The molecule has 1 aromatic heterocycles. The van der Waals surface area contributed by atoms with Gasteiger partial charge in [-0.1, -0.05) is 6.42 Å². The van der Waals surface area contributed by atoms with Gasteiger partial charge in [-0.2, -0.15) is 5.10 Å². The van der Waals surface area contributed by atoms with Gasteiger partial charge in [0.1, 0.15) is 5.75 Å². The van der Waals surface area contributed by atoms with E-state index in [1.165, 1.54) is 19.3 Å². The molecule has 1 aliphatic heterocycles. The highest BCUT2D eigenvalue weighted by molar-refractivity contribution is 5.90. The summed E-state index contributed by atoms with van der Waals surface area (Å²) in [5.41, 5.74) is 1.87. The number of ether oxygens (including phenoxy) is 1. The van der Waals surface area contributed by atoms with Crippen LogP contribution in [0.4, 0.5) is 5.82 Å². The maximum Gasteiger partial charge on any atom is 0.225 e. The molecule has 2 aromatic rings. The number of benzene rings is 1. The fraction of sp³-hybridized carbons (Fsp3) is 0.545. The number of piperidine rings is 1. The van der Waals surface area contributed by atoms with E-state index in [9.17, 15) is 4.79 Å². The maximum absolute atomic E-state index is 12.2.